The first kappa shape index (κ1) is 19.1. The van der Waals surface area contributed by atoms with Crippen molar-refractivity contribution in [2.75, 3.05) is 19.6 Å². The summed E-state index contributed by atoms with van der Waals surface area (Å²) in [7, 11) is 0. The molecule has 160 valence electrons. The first-order valence-electron chi connectivity index (χ1n) is 10.5. The largest absolute Gasteiger partial charge is 0.431 e. The van der Waals surface area contributed by atoms with Gasteiger partial charge in [0, 0.05) is 44.4 Å². The first-order valence-corrected chi connectivity index (χ1v) is 11.3. The Hall–Kier alpha value is -3.65. The summed E-state index contributed by atoms with van der Waals surface area (Å²) in [6, 6.07) is 17.8. The zero-order valence-corrected chi connectivity index (χ0v) is 18.0. The van der Waals surface area contributed by atoms with E-state index in [-0.39, 0.29) is 5.91 Å². The lowest BCUT2D eigenvalue weighted by atomic mass is 10.1. The van der Waals surface area contributed by atoms with Gasteiger partial charge >= 0.3 is 0 Å². The molecular weight excluding hydrogens is 424 g/mol. The van der Waals surface area contributed by atoms with Crippen molar-refractivity contribution in [2.24, 2.45) is 5.92 Å². The molecule has 0 bridgehead atoms. The molecule has 0 radical (unpaired) electrons. The molecule has 4 heterocycles. The average Bonchev–Trinajstić information content (AvgIpc) is 3.58. The van der Waals surface area contributed by atoms with Crippen molar-refractivity contribution in [1.29, 1.82) is 0 Å². The second-order valence-corrected chi connectivity index (χ2v) is 9.08. The highest BCUT2D eigenvalue weighted by Crippen LogP contribution is 2.33. The number of thiazole rings is 1. The predicted octanol–water partition coefficient (Wildman–Crippen LogP) is 4.55. The number of rotatable bonds is 5. The molecule has 4 aromatic rings. The van der Waals surface area contributed by atoms with E-state index in [2.05, 4.69) is 33.4 Å². The van der Waals surface area contributed by atoms with Crippen LogP contribution in [0.2, 0.25) is 0 Å². The number of amides is 1. The Morgan fingerprint density at radius 2 is 2.00 bits per heavy atom. The molecule has 7 nitrogen and oxygen atoms in total. The van der Waals surface area contributed by atoms with Gasteiger partial charge in [0.05, 0.1) is 16.4 Å². The Morgan fingerprint density at radius 1 is 1.12 bits per heavy atom. The molecular formula is C24H20N4O3S. The van der Waals surface area contributed by atoms with Crippen LogP contribution in [0.25, 0.3) is 10.2 Å². The molecule has 1 amide bonds. The Bertz CT molecular complexity index is 1260. The van der Waals surface area contributed by atoms with E-state index in [1.165, 1.54) is 17.3 Å². The molecule has 2 aliphatic heterocycles. The summed E-state index contributed by atoms with van der Waals surface area (Å²) in [5, 5.41) is 4.28. The predicted molar refractivity (Wildman–Crippen MR) is 121 cm³/mol. The molecule has 1 atom stereocenters. The van der Waals surface area contributed by atoms with Crippen molar-refractivity contribution >= 4 is 27.5 Å². The number of carbonyl (C=O) groups is 1. The fraction of sp³-hybridized carbons (Fsp3) is 0.208. The third-order valence-corrected chi connectivity index (χ3v) is 6.78. The van der Waals surface area contributed by atoms with Crippen LogP contribution in [-0.2, 0) is 6.54 Å². The second kappa shape index (κ2) is 7.80. The van der Waals surface area contributed by atoms with E-state index in [1.54, 1.807) is 17.4 Å². The van der Waals surface area contributed by atoms with Gasteiger partial charge < -0.3 is 19.1 Å². The highest BCUT2D eigenvalue weighted by atomic mass is 32.1. The van der Waals surface area contributed by atoms with Gasteiger partial charge in [0.1, 0.15) is 5.75 Å². The molecule has 1 saturated heterocycles. The van der Waals surface area contributed by atoms with Gasteiger partial charge in [-0.1, -0.05) is 40.8 Å². The number of hydrogen-bond acceptors (Lipinski definition) is 7. The number of para-hydroxylation sites is 1. The maximum absolute atomic E-state index is 12.5. The minimum Gasteiger partial charge on any atom is -0.431 e. The minimum absolute atomic E-state index is 0.0898. The summed E-state index contributed by atoms with van der Waals surface area (Å²) < 4.78 is 12.1. The van der Waals surface area contributed by atoms with Crippen LogP contribution in [0.5, 0.6) is 10.9 Å². The highest BCUT2D eigenvalue weighted by Gasteiger charge is 2.36. The van der Waals surface area contributed by atoms with Gasteiger partial charge in [0.15, 0.2) is 0 Å². The summed E-state index contributed by atoms with van der Waals surface area (Å²) in [6.45, 7) is 3.11. The fourth-order valence-corrected chi connectivity index (χ4v) is 5.16. The van der Waals surface area contributed by atoms with E-state index < -0.39 is 0 Å². The highest BCUT2D eigenvalue weighted by molar-refractivity contribution is 7.20. The topological polar surface area (TPSA) is 71.7 Å². The van der Waals surface area contributed by atoms with Gasteiger partial charge in [0.25, 0.3) is 11.1 Å². The van der Waals surface area contributed by atoms with Gasteiger partial charge in [0.2, 0.25) is 5.76 Å². The number of ether oxygens (including phenoxy) is 1. The third-order valence-electron chi connectivity index (χ3n) is 5.87. The molecule has 0 N–H and O–H groups in total. The van der Waals surface area contributed by atoms with Crippen LogP contribution >= 0.6 is 11.3 Å². The molecule has 32 heavy (non-hydrogen) atoms. The van der Waals surface area contributed by atoms with Crippen LogP contribution in [0.4, 0.5) is 0 Å². The Kier molecular flexibility index (Phi) is 4.65. The van der Waals surface area contributed by atoms with E-state index in [9.17, 15) is 4.79 Å². The van der Waals surface area contributed by atoms with E-state index in [0.717, 1.165) is 35.6 Å². The molecule has 0 spiro atoms. The molecule has 2 aromatic carbocycles. The van der Waals surface area contributed by atoms with Crippen LogP contribution in [0.3, 0.4) is 0 Å². The van der Waals surface area contributed by atoms with Crippen LogP contribution in [0.1, 0.15) is 16.1 Å². The molecule has 8 heteroatoms. The monoisotopic (exact) mass is 444 g/mol. The lowest BCUT2D eigenvalue weighted by Gasteiger charge is -2.20. The van der Waals surface area contributed by atoms with Crippen molar-refractivity contribution < 1.29 is 14.1 Å². The first-order chi connectivity index (χ1) is 15.7. The summed E-state index contributed by atoms with van der Waals surface area (Å²) in [5.41, 5.74) is 3.47. The lowest BCUT2D eigenvalue weighted by Crippen LogP contribution is -2.30. The molecule has 2 aliphatic rings. The van der Waals surface area contributed by atoms with E-state index in [1.807, 2.05) is 41.3 Å². The minimum atomic E-state index is -0.0898. The molecule has 2 aromatic heterocycles. The standard InChI is InChI=1S/C24H20N4O3S/c29-23(21-9-10-25-31-21)28-14-17-12-27(13-18(17)15-28)11-16-5-7-19(8-6-16)30-24-26-20-3-1-2-4-22(20)32-24/h1-10,12,18H,11,13-15H2. The van der Waals surface area contributed by atoms with E-state index >= 15 is 0 Å². The third kappa shape index (κ3) is 3.62. The number of benzene rings is 2. The van der Waals surface area contributed by atoms with Gasteiger partial charge in [-0.25, -0.2) is 4.98 Å². The van der Waals surface area contributed by atoms with Gasteiger partial charge in [-0.2, -0.15) is 0 Å². The van der Waals surface area contributed by atoms with Crippen molar-refractivity contribution in [3.63, 3.8) is 0 Å². The van der Waals surface area contributed by atoms with Crippen molar-refractivity contribution in [3.05, 3.63) is 83.9 Å². The maximum atomic E-state index is 12.5. The number of aromatic nitrogens is 2. The molecule has 1 unspecified atom stereocenters. The quantitative estimate of drug-likeness (QED) is 0.450. The molecule has 6 rings (SSSR count). The van der Waals surface area contributed by atoms with E-state index in [0.29, 0.717) is 23.4 Å². The number of fused-ring (bicyclic) bond motifs is 2. The number of likely N-dealkylation sites (tertiary alicyclic amines) is 1. The smallest absolute Gasteiger partial charge is 0.292 e. The van der Waals surface area contributed by atoms with Gasteiger partial charge in [-0.05, 0) is 35.4 Å². The van der Waals surface area contributed by atoms with Crippen LogP contribution < -0.4 is 4.74 Å². The maximum Gasteiger partial charge on any atom is 0.292 e. The molecule has 1 fully saturated rings. The Balaban J connectivity index is 1.07. The van der Waals surface area contributed by atoms with E-state index in [4.69, 9.17) is 9.26 Å². The number of carbonyl (C=O) groups excluding carboxylic acids is 1. The average molecular weight is 445 g/mol. The molecule has 0 saturated carbocycles. The normalized spacial score (nSPS) is 17.6. The van der Waals surface area contributed by atoms with Crippen molar-refractivity contribution in [1.82, 2.24) is 19.9 Å². The fourth-order valence-electron chi connectivity index (χ4n) is 4.33. The zero-order valence-electron chi connectivity index (χ0n) is 17.2. The van der Waals surface area contributed by atoms with Crippen LogP contribution in [0, 0.1) is 5.92 Å². The Morgan fingerprint density at radius 3 is 2.78 bits per heavy atom. The second-order valence-electron chi connectivity index (χ2n) is 8.09. The van der Waals surface area contributed by atoms with Crippen LogP contribution in [-0.4, -0.2) is 45.5 Å². The molecule has 0 aliphatic carbocycles. The van der Waals surface area contributed by atoms with Gasteiger partial charge in [-0.15, -0.1) is 0 Å². The summed E-state index contributed by atoms with van der Waals surface area (Å²) in [4.78, 5) is 21.1. The summed E-state index contributed by atoms with van der Waals surface area (Å²) in [6.07, 6.45) is 3.70. The zero-order chi connectivity index (χ0) is 21.5. The lowest BCUT2D eigenvalue weighted by molar-refractivity contribution is 0.0743. The summed E-state index contributed by atoms with van der Waals surface area (Å²) in [5.74, 6) is 1.37. The Labute approximate surface area is 188 Å². The SMILES string of the molecule is O=C(c1ccno1)N1CC2=CN(Cc3ccc(Oc4nc5ccccc5s4)cc3)CC2C1. The number of hydrogen-bond donors (Lipinski definition) is 0. The van der Waals surface area contributed by atoms with Gasteiger partial charge in [-0.3, -0.25) is 4.79 Å². The van der Waals surface area contributed by atoms with Crippen molar-refractivity contribution in [2.45, 2.75) is 6.54 Å². The van der Waals surface area contributed by atoms with Crippen molar-refractivity contribution in [3.8, 4) is 10.9 Å². The number of nitrogens with zero attached hydrogens (tertiary/aromatic N) is 4. The summed E-state index contributed by atoms with van der Waals surface area (Å²) >= 11 is 1.55. The van der Waals surface area contributed by atoms with Crippen LogP contribution in [0.15, 0.2) is 77.1 Å².